The lowest BCUT2D eigenvalue weighted by molar-refractivity contribution is -0.125. The van der Waals surface area contributed by atoms with Gasteiger partial charge in [-0.2, -0.15) is 5.10 Å². The molecule has 0 saturated carbocycles. The molecule has 188 valence electrons. The quantitative estimate of drug-likeness (QED) is 0.281. The van der Waals surface area contributed by atoms with E-state index in [2.05, 4.69) is 15.8 Å². The predicted molar refractivity (Wildman–Crippen MR) is 143 cm³/mol. The van der Waals surface area contributed by atoms with Crippen molar-refractivity contribution < 1.29 is 19.5 Å². The highest BCUT2D eigenvalue weighted by molar-refractivity contribution is 6.06. The van der Waals surface area contributed by atoms with Gasteiger partial charge in [-0.3, -0.25) is 14.4 Å². The fourth-order valence-electron chi connectivity index (χ4n) is 3.54. The number of hydrazone groups is 1. The highest BCUT2D eigenvalue weighted by Crippen LogP contribution is 2.25. The molecule has 0 spiro atoms. The molecule has 7 nitrogen and oxygen atoms in total. The second kappa shape index (κ2) is 11.2. The van der Waals surface area contributed by atoms with Crippen LogP contribution in [0.3, 0.4) is 0 Å². The van der Waals surface area contributed by atoms with Crippen molar-refractivity contribution in [3.05, 3.63) is 71.3 Å². The van der Waals surface area contributed by atoms with Gasteiger partial charge >= 0.3 is 0 Å². The average Bonchev–Trinajstić information content (AvgIpc) is 2.81. The normalized spacial score (nSPS) is 11.9. The van der Waals surface area contributed by atoms with Crippen molar-refractivity contribution in [2.75, 3.05) is 5.32 Å². The number of rotatable bonds is 8. The minimum Gasteiger partial charge on any atom is -0.507 e. The van der Waals surface area contributed by atoms with Gasteiger partial charge in [-0.15, -0.1) is 0 Å². The van der Waals surface area contributed by atoms with Crippen LogP contribution in [0.2, 0.25) is 0 Å². The van der Waals surface area contributed by atoms with Crippen LogP contribution < -0.4 is 10.7 Å². The number of nitrogens with one attached hydrogen (secondary N) is 2. The third-order valence-corrected chi connectivity index (χ3v) is 6.06. The summed E-state index contributed by atoms with van der Waals surface area (Å²) in [5.41, 5.74) is 5.23. The van der Waals surface area contributed by atoms with Crippen LogP contribution in [0.25, 0.3) is 10.8 Å². The van der Waals surface area contributed by atoms with Gasteiger partial charge in [0.05, 0.1) is 5.56 Å². The van der Waals surface area contributed by atoms with Crippen LogP contribution in [0.15, 0.2) is 59.7 Å². The van der Waals surface area contributed by atoms with Gasteiger partial charge in [0.25, 0.3) is 5.91 Å². The fourth-order valence-corrected chi connectivity index (χ4v) is 3.54. The fraction of sp³-hybridized carbons (Fsp3) is 0.310. The van der Waals surface area contributed by atoms with Gasteiger partial charge in [0.1, 0.15) is 11.5 Å². The lowest BCUT2D eigenvalue weighted by Crippen LogP contribution is -2.26. The first-order valence-corrected chi connectivity index (χ1v) is 11.9. The number of hydrogen-bond acceptors (Lipinski definition) is 5. The highest BCUT2D eigenvalue weighted by Gasteiger charge is 2.23. The highest BCUT2D eigenvalue weighted by atomic mass is 16.3. The van der Waals surface area contributed by atoms with Crippen LogP contribution >= 0.6 is 0 Å². The molecule has 0 aliphatic heterocycles. The summed E-state index contributed by atoms with van der Waals surface area (Å²) in [6, 6.07) is 16.2. The summed E-state index contributed by atoms with van der Waals surface area (Å²) in [5, 5.41) is 19.0. The predicted octanol–water partition coefficient (Wildman–Crippen LogP) is 5.67. The maximum Gasteiger partial charge on any atom is 0.275 e. The van der Waals surface area contributed by atoms with E-state index in [1.54, 1.807) is 6.07 Å². The SMILES string of the molecule is Cc1ccc(NC(=O)CCC(CC(=O)C(C)(C)C)=NNC(=O)c2cc3ccccc3cc2O)cc1C. The van der Waals surface area contributed by atoms with Crippen molar-refractivity contribution in [3.63, 3.8) is 0 Å². The van der Waals surface area contributed by atoms with Crippen LogP contribution in [0.1, 0.15) is 61.5 Å². The maximum absolute atomic E-state index is 12.8. The number of hydrogen-bond donors (Lipinski definition) is 3. The van der Waals surface area contributed by atoms with Gasteiger partial charge in [0.2, 0.25) is 5.91 Å². The van der Waals surface area contributed by atoms with E-state index in [4.69, 9.17) is 0 Å². The molecule has 0 aliphatic carbocycles. The Balaban J connectivity index is 1.73. The molecule has 0 radical (unpaired) electrons. The van der Waals surface area contributed by atoms with Gasteiger partial charge in [0.15, 0.2) is 0 Å². The van der Waals surface area contributed by atoms with Gasteiger partial charge in [-0.05, 0) is 66.4 Å². The molecule has 7 heteroatoms. The van der Waals surface area contributed by atoms with E-state index >= 15 is 0 Å². The number of carbonyl (C=O) groups is 3. The number of aryl methyl sites for hydroxylation is 2. The largest absolute Gasteiger partial charge is 0.507 e. The number of phenols is 1. The van der Waals surface area contributed by atoms with Crippen molar-refractivity contribution in [2.45, 2.75) is 53.9 Å². The minimum absolute atomic E-state index is 0.00437. The van der Waals surface area contributed by atoms with Crippen molar-refractivity contribution in [2.24, 2.45) is 10.5 Å². The van der Waals surface area contributed by atoms with Crippen LogP contribution in [0.4, 0.5) is 5.69 Å². The zero-order chi connectivity index (χ0) is 26.5. The number of anilines is 1. The van der Waals surface area contributed by atoms with E-state index in [9.17, 15) is 19.5 Å². The molecule has 3 aromatic rings. The standard InChI is InChI=1S/C29H33N3O4/c1-18-10-11-22(14-19(18)2)30-27(35)13-12-23(17-26(34)29(3,4)5)31-32-28(36)24-15-20-8-6-7-9-21(20)16-25(24)33/h6-11,14-16,33H,12-13,17H2,1-5H3,(H,30,35)(H,32,36). The summed E-state index contributed by atoms with van der Waals surface area (Å²) in [6.45, 7) is 9.41. The van der Waals surface area contributed by atoms with E-state index < -0.39 is 11.3 Å². The Morgan fingerprint density at radius 2 is 1.56 bits per heavy atom. The van der Waals surface area contributed by atoms with Crippen LogP contribution in [0, 0.1) is 19.3 Å². The van der Waals surface area contributed by atoms with Crippen molar-refractivity contribution in [3.8, 4) is 5.75 Å². The van der Waals surface area contributed by atoms with Gasteiger partial charge in [-0.25, -0.2) is 5.43 Å². The van der Waals surface area contributed by atoms with Crippen molar-refractivity contribution in [1.82, 2.24) is 5.43 Å². The Morgan fingerprint density at radius 3 is 2.19 bits per heavy atom. The molecule has 0 fully saturated rings. The summed E-state index contributed by atoms with van der Waals surface area (Å²) in [4.78, 5) is 38.0. The summed E-state index contributed by atoms with van der Waals surface area (Å²) in [5.74, 6) is -1.04. The van der Waals surface area contributed by atoms with E-state index in [0.717, 1.165) is 21.9 Å². The topological polar surface area (TPSA) is 108 Å². The van der Waals surface area contributed by atoms with Crippen molar-refractivity contribution >= 4 is 39.8 Å². The molecule has 0 aliphatic rings. The van der Waals surface area contributed by atoms with Gasteiger partial charge < -0.3 is 10.4 Å². The second-order valence-electron chi connectivity index (χ2n) is 10.0. The zero-order valence-corrected chi connectivity index (χ0v) is 21.4. The van der Waals surface area contributed by atoms with Crippen LogP contribution in [-0.4, -0.2) is 28.4 Å². The first-order chi connectivity index (χ1) is 16.9. The smallest absolute Gasteiger partial charge is 0.275 e. The number of ketones is 1. The molecule has 0 aromatic heterocycles. The third-order valence-electron chi connectivity index (χ3n) is 6.06. The summed E-state index contributed by atoms with van der Waals surface area (Å²) in [7, 11) is 0. The Hall–Kier alpha value is -4.00. The number of phenolic OH excluding ortho intramolecular Hbond substituents is 1. The minimum atomic E-state index is -0.599. The first-order valence-electron chi connectivity index (χ1n) is 11.9. The molecular formula is C29H33N3O4. The number of Topliss-reactive ketones (excluding diaryl/α,β-unsaturated/α-hetero) is 1. The number of aromatic hydroxyl groups is 1. The number of fused-ring (bicyclic) bond motifs is 1. The Bertz CT molecular complexity index is 1340. The first kappa shape index (κ1) is 26.6. The lowest BCUT2D eigenvalue weighted by atomic mass is 9.87. The van der Waals surface area contributed by atoms with Crippen LogP contribution in [0.5, 0.6) is 5.75 Å². The molecule has 0 atom stereocenters. The number of carbonyl (C=O) groups excluding carboxylic acids is 3. The summed E-state index contributed by atoms with van der Waals surface area (Å²) < 4.78 is 0. The number of benzene rings is 3. The summed E-state index contributed by atoms with van der Waals surface area (Å²) in [6.07, 6.45) is 0.299. The van der Waals surface area contributed by atoms with E-state index in [0.29, 0.717) is 11.4 Å². The molecule has 3 rings (SSSR count). The Morgan fingerprint density at radius 1 is 0.889 bits per heavy atom. The number of amides is 2. The molecule has 3 N–H and O–H groups in total. The van der Waals surface area contributed by atoms with E-state index in [1.165, 1.54) is 6.07 Å². The molecule has 0 bridgehead atoms. The maximum atomic E-state index is 12.8. The monoisotopic (exact) mass is 487 g/mol. The molecule has 36 heavy (non-hydrogen) atoms. The Labute approximate surface area is 211 Å². The number of nitrogens with zero attached hydrogens (tertiary/aromatic N) is 1. The Kier molecular flexibility index (Phi) is 8.25. The molecular weight excluding hydrogens is 454 g/mol. The molecule has 0 unspecified atom stereocenters. The summed E-state index contributed by atoms with van der Waals surface area (Å²) >= 11 is 0. The average molecular weight is 488 g/mol. The molecule has 0 saturated heterocycles. The van der Waals surface area contributed by atoms with Gasteiger partial charge in [-0.1, -0.05) is 51.1 Å². The third kappa shape index (κ3) is 7.01. The zero-order valence-electron chi connectivity index (χ0n) is 21.4. The lowest BCUT2D eigenvalue weighted by Gasteiger charge is -2.17. The van der Waals surface area contributed by atoms with Crippen molar-refractivity contribution in [1.29, 1.82) is 0 Å². The molecule has 3 aromatic carbocycles. The van der Waals surface area contributed by atoms with E-state index in [1.807, 2.05) is 77.1 Å². The van der Waals surface area contributed by atoms with Gasteiger partial charge in [0, 0.05) is 29.7 Å². The van der Waals surface area contributed by atoms with Crippen LogP contribution in [-0.2, 0) is 9.59 Å². The molecule has 2 amide bonds. The second-order valence-corrected chi connectivity index (χ2v) is 10.0. The van der Waals surface area contributed by atoms with E-state index in [-0.39, 0.29) is 42.3 Å². The molecule has 0 heterocycles.